The van der Waals surface area contributed by atoms with Gasteiger partial charge in [-0.3, -0.25) is 9.59 Å². The summed E-state index contributed by atoms with van der Waals surface area (Å²) in [6.07, 6.45) is 0. The summed E-state index contributed by atoms with van der Waals surface area (Å²) in [7, 11) is 1.56. The fourth-order valence-corrected chi connectivity index (χ4v) is 5.10. The molecule has 1 saturated heterocycles. The van der Waals surface area contributed by atoms with Crippen LogP contribution in [0.1, 0.15) is 15.9 Å². The molecule has 42 heavy (non-hydrogen) atoms. The fourth-order valence-electron chi connectivity index (χ4n) is 5.10. The Hall–Kier alpha value is -5.12. The Bertz CT molecular complexity index is 1560. The average molecular weight is 566 g/mol. The van der Waals surface area contributed by atoms with E-state index in [-0.39, 0.29) is 31.7 Å². The van der Waals surface area contributed by atoms with Gasteiger partial charge in [0, 0.05) is 43.9 Å². The number of amides is 2. The number of nitrogens with zero attached hydrogens (tertiary/aromatic N) is 5. The number of rotatable bonds is 8. The van der Waals surface area contributed by atoms with Gasteiger partial charge in [0.25, 0.3) is 5.91 Å². The third kappa shape index (κ3) is 5.97. The van der Waals surface area contributed by atoms with Gasteiger partial charge in [0.1, 0.15) is 12.3 Å². The third-order valence-electron chi connectivity index (χ3n) is 7.42. The highest BCUT2D eigenvalue weighted by atomic mass is 16.7. The summed E-state index contributed by atoms with van der Waals surface area (Å²) in [4.78, 5) is 32.6. The molecule has 0 unspecified atom stereocenters. The normalized spacial score (nSPS) is 14.0. The molecule has 1 fully saturated rings. The average Bonchev–Trinajstić information content (AvgIpc) is 3.53. The van der Waals surface area contributed by atoms with Gasteiger partial charge in [0.05, 0.1) is 12.8 Å². The molecule has 0 aliphatic carbocycles. The molecule has 214 valence electrons. The minimum absolute atomic E-state index is 0.0595. The molecule has 0 N–H and O–H groups in total. The number of aromatic nitrogens is 2. The number of hydrogen-bond donors (Lipinski definition) is 0. The second kappa shape index (κ2) is 12.2. The number of benzene rings is 3. The van der Waals surface area contributed by atoms with Crippen LogP contribution in [0.25, 0.3) is 11.3 Å². The summed E-state index contributed by atoms with van der Waals surface area (Å²) in [5, 5.41) is 8.83. The number of methoxy groups -OCH3 is 1. The number of hydrogen-bond acceptors (Lipinski definition) is 8. The summed E-state index contributed by atoms with van der Waals surface area (Å²) < 4.78 is 16.3. The van der Waals surface area contributed by atoms with Crippen LogP contribution in [0.3, 0.4) is 0 Å². The Morgan fingerprint density at radius 3 is 2.43 bits per heavy atom. The molecule has 1 aromatic heterocycles. The van der Waals surface area contributed by atoms with E-state index in [1.54, 1.807) is 41.2 Å². The second-order valence-corrected chi connectivity index (χ2v) is 10.1. The number of piperazine rings is 1. The van der Waals surface area contributed by atoms with E-state index < -0.39 is 0 Å². The summed E-state index contributed by atoms with van der Waals surface area (Å²) in [5.41, 5.74) is 3.12. The van der Waals surface area contributed by atoms with Gasteiger partial charge < -0.3 is 28.9 Å². The molecular formula is C32H31N5O5. The molecular weight excluding hydrogens is 534 g/mol. The molecule has 0 spiro atoms. The number of carbonyl (C=O) groups excluding carboxylic acids is 2. The Labute approximate surface area is 244 Å². The lowest BCUT2D eigenvalue weighted by molar-refractivity contribution is -0.132. The standard InChI is InChI=1S/C32H31N5O5/c1-40-26-9-5-8-25(19-26)32(39)37(20-23-10-12-28-29(18-23)42-22-41-28)21-31(38)36-16-14-35(15-17-36)30-13-11-27(33-34-30)24-6-3-2-4-7-24/h2-13,18-19H,14-17,20-22H2,1H3. The summed E-state index contributed by atoms with van der Waals surface area (Å²) >= 11 is 0. The second-order valence-electron chi connectivity index (χ2n) is 10.1. The largest absolute Gasteiger partial charge is 0.497 e. The smallest absolute Gasteiger partial charge is 0.254 e. The Morgan fingerprint density at radius 1 is 0.857 bits per heavy atom. The van der Waals surface area contributed by atoms with Gasteiger partial charge in [-0.2, -0.15) is 0 Å². The molecule has 2 amide bonds. The zero-order chi connectivity index (χ0) is 28.9. The van der Waals surface area contributed by atoms with Crippen LogP contribution in [0, 0.1) is 0 Å². The molecule has 10 heteroatoms. The lowest BCUT2D eigenvalue weighted by Crippen LogP contribution is -2.52. The zero-order valence-corrected chi connectivity index (χ0v) is 23.3. The Kier molecular flexibility index (Phi) is 7.85. The summed E-state index contributed by atoms with van der Waals surface area (Å²) in [6.45, 7) is 2.63. The van der Waals surface area contributed by atoms with Crippen molar-refractivity contribution in [2.45, 2.75) is 6.54 Å². The zero-order valence-electron chi connectivity index (χ0n) is 23.3. The van der Waals surface area contributed by atoms with E-state index in [4.69, 9.17) is 14.2 Å². The van der Waals surface area contributed by atoms with Gasteiger partial charge >= 0.3 is 0 Å². The van der Waals surface area contributed by atoms with Gasteiger partial charge in [-0.1, -0.05) is 42.5 Å². The summed E-state index contributed by atoms with van der Waals surface area (Å²) in [5.74, 6) is 2.27. The minimum atomic E-state index is -0.257. The topological polar surface area (TPSA) is 97.3 Å². The number of fused-ring (bicyclic) bond motifs is 1. The van der Waals surface area contributed by atoms with Crippen LogP contribution in [0.5, 0.6) is 17.2 Å². The van der Waals surface area contributed by atoms with Crippen molar-refractivity contribution in [2.24, 2.45) is 0 Å². The maximum absolute atomic E-state index is 13.7. The van der Waals surface area contributed by atoms with E-state index in [1.807, 2.05) is 60.7 Å². The first-order valence-corrected chi connectivity index (χ1v) is 13.8. The van der Waals surface area contributed by atoms with Crippen LogP contribution in [0.4, 0.5) is 5.82 Å². The van der Waals surface area contributed by atoms with Gasteiger partial charge in [-0.25, -0.2) is 0 Å². The fraction of sp³-hybridized carbons (Fsp3) is 0.250. The number of anilines is 1. The molecule has 6 rings (SSSR count). The molecule has 0 saturated carbocycles. The van der Waals surface area contributed by atoms with Crippen LogP contribution in [-0.4, -0.2) is 78.4 Å². The molecule has 0 atom stereocenters. The highest BCUT2D eigenvalue weighted by Crippen LogP contribution is 2.33. The Morgan fingerprint density at radius 2 is 1.67 bits per heavy atom. The van der Waals surface area contributed by atoms with Gasteiger partial charge in [0.15, 0.2) is 17.3 Å². The van der Waals surface area contributed by atoms with E-state index >= 15 is 0 Å². The van der Waals surface area contributed by atoms with Gasteiger partial charge in [0.2, 0.25) is 12.7 Å². The van der Waals surface area contributed by atoms with Crippen LogP contribution >= 0.6 is 0 Å². The monoisotopic (exact) mass is 565 g/mol. The maximum Gasteiger partial charge on any atom is 0.254 e. The molecule has 2 aliphatic rings. The third-order valence-corrected chi connectivity index (χ3v) is 7.42. The van der Waals surface area contributed by atoms with Crippen molar-refractivity contribution in [2.75, 3.05) is 51.5 Å². The van der Waals surface area contributed by atoms with E-state index in [0.717, 1.165) is 22.6 Å². The molecule has 10 nitrogen and oxygen atoms in total. The SMILES string of the molecule is COc1cccc(C(=O)N(CC(=O)N2CCN(c3ccc(-c4ccccc4)nn3)CC2)Cc2ccc3c(c2)OCO3)c1. The molecule has 0 radical (unpaired) electrons. The predicted molar refractivity (Wildman–Crippen MR) is 157 cm³/mol. The van der Waals surface area contributed by atoms with Crippen LogP contribution in [0.2, 0.25) is 0 Å². The Balaban J connectivity index is 1.12. The van der Waals surface area contributed by atoms with E-state index in [2.05, 4.69) is 15.1 Å². The van der Waals surface area contributed by atoms with Crippen LogP contribution < -0.4 is 19.1 Å². The van der Waals surface area contributed by atoms with Gasteiger partial charge in [-0.05, 0) is 48.0 Å². The van der Waals surface area contributed by atoms with Crippen LogP contribution in [0.15, 0.2) is 84.9 Å². The first kappa shape index (κ1) is 27.1. The number of ether oxygens (including phenoxy) is 3. The quantitative estimate of drug-likeness (QED) is 0.318. The lowest BCUT2D eigenvalue weighted by atomic mass is 10.1. The van der Waals surface area contributed by atoms with E-state index in [0.29, 0.717) is 49.0 Å². The van der Waals surface area contributed by atoms with Crippen LogP contribution in [-0.2, 0) is 11.3 Å². The molecule has 4 aromatic rings. The lowest BCUT2D eigenvalue weighted by Gasteiger charge is -2.36. The van der Waals surface area contributed by atoms with Crippen molar-refractivity contribution in [1.82, 2.24) is 20.0 Å². The maximum atomic E-state index is 13.7. The van der Waals surface area contributed by atoms with Crippen molar-refractivity contribution in [1.29, 1.82) is 0 Å². The minimum Gasteiger partial charge on any atom is -0.497 e. The first-order valence-electron chi connectivity index (χ1n) is 13.8. The molecule has 2 aliphatic heterocycles. The number of carbonyl (C=O) groups is 2. The van der Waals surface area contributed by atoms with Crippen molar-refractivity contribution in [3.05, 3.63) is 96.1 Å². The predicted octanol–water partition coefficient (Wildman–Crippen LogP) is 3.87. The highest BCUT2D eigenvalue weighted by Gasteiger charge is 2.27. The van der Waals surface area contributed by atoms with Crippen molar-refractivity contribution in [3.63, 3.8) is 0 Å². The molecule has 0 bridgehead atoms. The van der Waals surface area contributed by atoms with Crippen molar-refractivity contribution < 1.29 is 23.8 Å². The van der Waals surface area contributed by atoms with Crippen molar-refractivity contribution in [3.8, 4) is 28.5 Å². The van der Waals surface area contributed by atoms with Crippen molar-refractivity contribution >= 4 is 17.6 Å². The summed E-state index contributed by atoms with van der Waals surface area (Å²) in [6, 6.07) is 26.4. The first-order chi connectivity index (χ1) is 20.6. The van der Waals surface area contributed by atoms with E-state index in [1.165, 1.54) is 0 Å². The molecule has 3 heterocycles. The molecule has 3 aromatic carbocycles. The van der Waals surface area contributed by atoms with Gasteiger partial charge in [-0.15, -0.1) is 10.2 Å². The van der Waals surface area contributed by atoms with E-state index in [9.17, 15) is 9.59 Å². The highest BCUT2D eigenvalue weighted by molar-refractivity contribution is 5.97.